The van der Waals surface area contributed by atoms with Crippen LogP contribution in [-0.4, -0.2) is 25.3 Å². The Morgan fingerprint density at radius 3 is 2.41 bits per heavy atom. The highest BCUT2D eigenvalue weighted by Gasteiger charge is 2.15. The number of methoxy groups -OCH3 is 2. The molecule has 0 spiro atoms. The fourth-order valence-electron chi connectivity index (χ4n) is 1.82. The van der Waals surface area contributed by atoms with Crippen molar-refractivity contribution in [2.75, 3.05) is 14.2 Å². The van der Waals surface area contributed by atoms with Crippen molar-refractivity contribution in [1.29, 1.82) is 0 Å². The van der Waals surface area contributed by atoms with Crippen molar-refractivity contribution in [1.82, 2.24) is 0 Å². The van der Waals surface area contributed by atoms with Gasteiger partial charge in [0.05, 0.1) is 20.6 Å². The quantitative estimate of drug-likeness (QED) is 0.827. The Hall–Kier alpha value is -1.71. The summed E-state index contributed by atoms with van der Waals surface area (Å²) >= 11 is 0. The smallest absolute Gasteiger partial charge is 0.303 e. The van der Waals surface area contributed by atoms with Gasteiger partial charge in [-0.2, -0.15) is 0 Å². The summed E-state index contributed by atoms with van der Waals surface area (Å²) in [5.74, 6) is 0.509. The molecule has 0 saturated heterocycles. The summed E-state index contributed by atoms with van der Waals surface area (Å²) in [5, 5.41) is 8.85. The molecule has 1 N–H and O–H groups in total. The molecule has 0 aliphatic carbocycles. The molecule has 0 aliphatic rings. The number of carbonyl (C=O) groups is 1. The van der Waals surface area contributed by atoms with E-state index in [4.69, 9.17) is 14.6 Å². The molecule has 1 aromatic rings. The standard InChI is InChI=1S/C13H18O4/c1-4-9(8-13(14)15)10-5-6-11(16-2)12(7-10)17-3/h5-7,9H,4,8H2,1-3H3,(H,14,15). The van der Waals surface area contributed by atoms with E-state index in [0.29, 0.717) is 11.5 Å². The monoisotopic (exact) mass is 238 g/mol. The zero-order chi connectivity index (χ0) is 12.8. The van der Waals surface area contributed by atoms with Crippen molar-refractivity contribution in [2.45, 2.75) is 25.7 Å². The largest absolute Gasteiger partial charge is 0.493 e. The number of carboxylic acids is 1. The normalized spacial score (nSPS) is 11.9. The first-order chi connectivity index (χ1) is 8.12. The molecule has 0 fully saturated rings. The molecule has 0 amide bonds. The van der Waals surface area contributed by atoms with Crippen molar-refractivity contribution in [3.8, 4) is 11.5 Å². The van der Waals surface area contributed by atoms with Gasteiger partial charge in [-0.15, -0.1) is 0 Å². The lowest BCUT2D eigenvalue weighted by atomic mass is 9.93. The van der Waals surface area contributed by atoms with E-state index in [1.54, 1.807) is 20.3 Å². The summed E-state index contributed by atoms with van der Waals surface area (Å²) in [6, 6.07) is 5.53. The summed E-state index contributed by atoms with van der Waals surface area (Å²) in [4.78, 5) is 10.8. The fourth-order valence-corrected chi connectivity index (χ4v) is 1.82. The minimum Gasteiger partial charge on any atom is -0.493 e. The lowest BCUT2D eigenvalue weighted by Crippen LogP contribution is -2.05. The van der Waals surface area contributed by atoms with Gasteiger partial charge in [0.1, 0.15) is 0 Å². The number of carboxylic acid groups (broad SMARTS) is 1. The summed E-state index contributed by atoms with van der Waals surface area (Å²) in [5.41, 5.74) is 0.965. The van der Waals surface area contributed by atoms with Crippen molar-refractivity contribution in [2.24, 2.45) is 0 Å². The second-order valence-electron chi connectivity index (χ2n) is 3.82. The first kappa shape index (κ1) is 13.4. The number of aliphatic carboxylic acids is 1. The summed E-state index contributed by atoms with van der Waals surface area (Å²) in [6.07, 6.45) is 0.910. The third-order valence-electron chi connectivity index (χ3n) is 2.79. The van der Waals surface area contributed by atoms with E-state index >= 15 is 0 Å². The zero-order valence-electron chi connectivity index (χ0n) is 10.4. The predicted molar refractivity (Wildman–Crippen MR) is 64.8 cm³/mol. The highest BCUT2D eigenvalue weighted by atomic mass is 16.5. The van der Waals surface area contributed by atoms with Crippen LogP contribution in [-0.2, 0) is 4.79 Å². The summed E-state index contributed by atoms with van der Waals surface area (Å²) in [6.45, 7) is 1.98. The van der Waals surface area contributed by atoms with Gasteiger partial charge in [-0.25, -0.2) is 0 Å². The van der Waals surface area contributed by atoms with E-state index in [2.05, 4.69) is 0 Å². The van der Waals surface area contributed by atoms with Gasteiger partial charge >= 0.3 is 5.97 Å². The number of hydrogen-bond donors (Lipinski definition) is 1. The third-order valence-corrected chi connectivity index (χ3v) is 2.79. The molecule has 0 radical (unpaired) electrons. The van der Waals surface area contributed by atoms with Crippen molar-refractivity contribution < 1.29 is 19.4 Å². The SMILES string of the molecule is CCC(CC(=O)O)c1ccc(OC)c(OC)c1. The Balaban J connectivity index is 3.00. The molecule has 0 bridgehead atoms. The minimum atomic E-state index is -0.786. The first-order valence-electron chi connectivity index (χ1n) is 5.56. The Morgan fingerprint density at radius 2 is 1.94 bits per heavy atom. The Bertz CT molecular complexity index is 387. The molecule has 0 saturated carbocycles. The van der Waals surface area contributed by atoms with Crippen LogP contribution in [0, 0.1) is 0 Å². The lowest BCUT2D eigenvalue weighted by Gasteiger charge is -2.15. The molecule has 1 atom stereocenters. The molecule has 0 aliphatic heterocycles. The van der Waals surface area contributed by atoms with Crippen LogP contribution in [0.4, 0.5) is 0 Å². The first-order valence-corrected chi connectivity index (χ1v) is 5.56. The molecular weight excluding hydrogens is 220 g/mol. The molecular formula is C13H18O4. The molecule has 1 aromatic carbocycles. The second-order valence-corrected chi connectivity index (χ2v) is 3.82. The van der Waals surface area contributed by atoms with Gasteiger partial charge < -0.3 is 14.6 Å². The average molecular weight is 238 g/mol. The predicted octanol–water partition coefficient (Wildman–Crippen LogP) is 2.67. The van der Waals surface area contributed by atoms with Crippen molar-refractivity contribution in [3.63, 3.8) is 0 Å². The van der Waals surface area contributed by atoms with Crippen LogP contribution >= 0.6 is 0 Å². The van der Waals surface area contributed by atoms with E-state index in [1.165, 1.54) is 0 Å². The van der Waals surface area contributed by atoms with Crippen LogP contribution in [0.15, 0.2) is 18.2 Å². The van der Waals surface area contributed by atoms with E-state index < -0.39 is 5.97 Å². The zero-order valence-corrected chi connectivity index (χ0v) is 10.4. The van der Waals surface area contributed by atoms with Gasteiger partial charge in [-0.3, -0.25) is 4.79 Å². The van der Waals surface area contributed by atoms with Gasteiger partial charge in [0.15, 0.2) is 11.5 Å². The van der Waals surface area contributed by atoms with Crippen molar-refractivity contribution >= 4 is 5.97 Å². The third kappa shape index (κ3) is 3.37. The topological polar surface area (TPSA) is 55.8 Å². The number of ether oxygens (including phenoxy) is 2. The Kier molecular flexibility index (Phi) is 4.82. The molecule has 0 heterocycles. The molecule has 1 rings (SSSR count). The number of hydrogen-bond acceptors (Lipinski definition) is 3. The second kappa shape index (κ2) is 6.13. The average Bonchev–Trinajstić information content (AvgIpc) is 2.34. The lowest BCUT2D eigenvalue weighted by molar-refractivity contribution is -0.137. The summed E-state index contributed by atoms with van der Waals surface area (Å²) in [7, 11) is 3.14. The molecule has 1 unspecified atom stereocenters. The molecule has 0 aromatic heterocycles. The highest BCUT2D eigenvalue weighted by molar-refractivity contribution is 5.68. The molecule has 4 nitrogen and oxygen atoms in total. The van der Waals surface area contributed by atoms with Crippen LogP contribution in [0.1, 0.15) is 31.2 Å². The summed E-state index contributed by atoms with van der Waals surface area (Å²) < 4.78 is 10.3. The van der Waals surface area contributed by atoms with Crippen molar-refractivity contribution in [3.05, 3.63) is 23.8 Å². The highest BCUT2D eigenvalue weighted by Crippen LogP contribution is 2.32. The van der Waals surface area contributed by atoms with Crippen LogP contribution in [0.2, 0.25) is 0 Å². The maximum atomic E-state index is 10.8. The van der Waals surface area contributed by atoms with Gasteiger partial charge in [-0.1, -0.05) is 13.0 Å². The number of benzene rings is 1. The van der Waals surface area contributed by atoms with E-state index in [-0.39, 0.29) is 12.3 Å². The van der Waals surface area contributed by atoms with Gasteiger partial charge in [0.2, 0.25) is 0 Å². The molecule has 17 heavy (non-hydrogen) atoms. The van der Waals surface area contributed by atoms with Gasteiger partial charge in [0, 0.05) is 0 Å². The van der Waals surface area contributed by atoms with Crippen LogP contribution in [0.3, 0.4) is 0 Å². The van der Waals surface area contributed by atoms with E-state index in [1.807, 2.05) is 19.1 Å². The maximum Gasteiger partial charge on any atom is 0.303 e. The molecule has 94 valence electrons. The Morgan fingerprint density at radius 1 is 1.29 bits per heavy atom. The van der Waals surface area contributed by atoms with Gasteiger partial charge in [0.25, 0.3) is 0 Å². The number of rotatable bonds is 6. The Labute approximate surface area is 101 Å². The van der Waals surface area contributed by atoms with Crippen LogP contribution in [0.5, 0.6) is 11.5 Å². The molecule has 4 heteroatoms. The van der Waals surface area contributed by atoms with E-state index in [9.17, 15) is 4.79 Å². The van der Waals surface area contributed by atoms with Crippen LogP contribution < -0.4 is 9.47 Å². The maximum absolute atomic E-state index is 10.8. The fraction of sp³-hybridized carbons (Fsp3) is 0.462. The van der Waals surface area contributed by atoms with E-state index in [0.717, 1.165) is 12.0 Å². The van der Waals surface area contributed by atoms with Gasteiger partial charge in [-0.05, 0) is 30.0 Å². The minimum absolute atomic E-state index is 0.00676. The van der Waals surface area contributed by atoms with Crippen LogP contribution in [0.25, 0.3) is 0 Å².